The number of esters is 2. The number of carbonyl (C=O) groups excluding carboxylic acids is 2. The van der Waals surface area contributed by atoms with Gasteiger partial charge in [0.05, 0.1) is 6.61 Å². The van der Waals surface area contributed by atoms with E-state index in [2.05, 4.69) is 98.9 Å². The molecule has 5 heteroatoms. The van der Waals surface area contributed by atoms with E-state index in [1.54, 1.807) is 0 Å². The highest BCUT2D eigenvalue weighted by molar-refractivity contribution is 5.70. The van der Waals surface area contributed by atoms with Crippen LogP contribution >= 0.6 is 0 Å². The van der Waals surface area contributed by atoms with E-state index >= 15 is 0 Å². The van der Waals surface area contributed by atoms with E-state index in [0.717, 1.165) is 77.0 Å². The molecular formula is C82H148O5. The highest BCUT2D eigenvalue weighted by Gasteiger charge is 2.16. The maximum Gasteiger partial charge on any atom is 0.306 e. The lowest BCUT2D eigenvalue weighted by atomic mass is 10.0. The van der Waals surface area contributed by atoms with E-state index in [0.29, 0.717) is 12.8 Å². The van der Waals surface area contributed by atoms with Crippen molar-refractivity contribution >= 4 is 11.9 Å². The fourth-order valence-electron chi connectivity index (χ4n) is 11.7. The minimum absolute atomic E-state index is 0.0612. The molecule has 0 heterocycles. The van der Waals surface area contributed by atoms with Crippen molar-refractivity contribution in [2.24, 2.45) is 0 Å². The number of aliphatic hydroxyl groups is 1. The molecule has 506 valence electrons. The summed E-state index contributed by atoms with van der Waals surface area (Å²) in [7, 11) is 0. The summed E-state index contributed by atoms with van der Waals surface area (Å²) in [6.07, 6.45) is 109. The molecule has 87 heavy (non-hydrogen) atoms. The zero-order chi connectivity index (χ0) is 62.6. The summed E-state index contributed by atoms with van der Waals surface area (Å²) < 4.78 is 10.8. The monoisotopic (exact) mass is 1210 g/mol. The largest absolute Gasteiger partial charge is 0.462 e. The van der Waals surface area contributed by atoms with Crippen LogP contribution in [0.25, 0.3) is 0 Å². The van der Waals surface area contributed by atoms with Crippen LogP contribution < -0.4 is 0 Å². The Balaban J connectivity index is 3.41. The van der Waals surface area contributed by atoms with Gasteiger partial charge in [-0.05, 0) is 70.6 Å². The molecule has 0 rings (SSSR count). The molecule has 0 amide bonds. The quantitative estimate of drug-likeness (QED) is 0.0373. The summed E-state index contributed by atoms with van der Waals surface area (Å²) in [6, 6.07) is 0. The minimum atomic E-state index is -0.773. The van der Waals surface area contributed by atoms with Crippen molar-refractivity contribution in [3.05, 3.63) is 85.1 Å². The normalized spacial score (nSPS) is 12.6. The molecule has 0 aliphatic carbocycles. The molecule has 0 saturated carbocycles. The molecule has 0 aromatic carbocycles. The van der Waals surface area contributed by atoms with Gasteiger partial charge in [-0.25, -0.2) is 0 Å². The second kappa shape index (κ2) is 77.3. The van der Waals surface area contributed by atoms with Crippen LogP contribution in [0.2, 0.25) is 0 Å². The molecular weight excluding hydrogens is 1060 g/mol. The van der Waals surface area contributed by atoms with Crippen molar-refractivity contribution in [3.8, 4) is 0 Å². The molecule has 1 N–H and O–H groups in total. The zero-order valence-electron chi connectivity index (χ0n) is 58.3. The van der Waals surface area contributed by atoms with Crippen LogP contribution in [-0.2, 0) is 19.1 Å². The number of aliphatic hydroxyl groups excluding tert-OH is 1. The van der Waals surface area contributed by atoms with Crippen molar-refractivity contribution in [2.45, 2.75) is 412 Å². The van der Waals surface area contributed by atoms with Gasteiger partial charge < -0.3 is 14.6 Å². The number of hydrogen-bond donors (Lipinski definition) is 1. The van der Waals surface area contributed by atoms with Gasteiger partial charge in [-0.2, -0.15) is 0 Å². The van der Waals surface area contributed by atoms with E-state index in [1.807, 2.05) is 0 Å². The first-order valence-corrected chi connectivity index (χ1v) is 38.6. The van der Waals surface area contributed by atoms with Gasteiger partial charge in [0.1, 0.15) is 6.61 Å². The summed E-state index contributed by atoms with van der Waals surface area (Å²) in [5.74, 6) is -0.568. The molecule has 0 fully saturated rings. The second-order valence-corrected chi connectivity index (χ2v) is 26.1. The number of ether oxygens (including phenoxy) is 2. The molecule has 1 atom stereocenters. The maximum atomic E-state index is 12.4. The molecule has 0 aromatic heterocycles. The van der Waals surface area contributed by atoms with E-state index in [1.165, 1.54) is 302 Å². The molecule has 0 aromatic rings. The van der Waals surface area contributed by atoms with Crippen LogP contribution in [0.4, 0.5) is 0 Å². The molecule has 5 nitrogen and oxygen atoms in total. The summed E-state index contributed by atoms with van der Waals surface area (Å²) in [5, 5.41) is 9.72. The van der Waals surface area contributed by atoms with Gasteiger partial charge in [-0.1, -0.05) is 407 Å². The predicted molar refractivity (Wildman–Crippen MR) is 385 cm³/mol. The Morgan fingerprint density at radius 2 is 0.494 bits per heavy atom. The van der Waals surface area contributed by atoms with Crippen LogP contribution in [0.1, 0.15) is 406 Å². The van der Waals surface area contributed by atoms with Gasteiger partial charge >= 0.3 is 11.9 Å². The second-order valence-electron chi connectivity index (χ2n) is 26.1. The lowest BCUT2D eigenvalue weighted by molar-refractivity contribution is -0.161. The standard InChI is InChI=1S/C82H148O5/c1-3-5-7-9-11-13-15-17-19-21-23-25-27-29-31-33-35-37-38-39-40-41-42-43-44-45-47-49-51-53-55-57-59-61-63-65-67-69-71-73-75-77-82(85)87-80(78-83)79-86-81(84)76-74-72-70-68-66-64-62-60-58-56-54-52-50-48-46-36-34-32-30-28-26-24-22-20-18-16-14-12-10-8-6-4-2/h5,7,11,13,17,19,23,25,29,31,35,37,39-40,80,83H,3-4,6,8-10,12,14-16,18,20-22,24,26-28,30,32-34,36,38,41-79H2,1-2H3/b7-5-,13-11-,19-17-,25-23-,31-29-,37-35-,40-39-. The predicted octanol–water partition coefficient (Wildman–Crippen LogP) is 27.2. The topological polar surface area (TPSA) is 72.8 Å². The summed E-state index contributed by atoms with van der Waals surface area (Å²) in [5.41, 5.74) is 0. The Labute approximate surface area is 543 Å². The third-order valence-corrected chi connectivity index (χ3v) is 17.5. The summed E-state index contributed by atoms with van der Waals surface area (Å²) >= 11 is 0. The van der Waals surface area contributed by atoms with Gasteiger partial charge in [0, 0.05) is 12.8 Å². The lowest BCUT2D eigenvalue weighted by Gasteiger charge is -2.15. The Hall–Kier alpha value is -2.92. The molecule has 0 aliphatic rings. The van der Waals surface area contributed by atoms with E-state index in [-0.39, 0.29) is 25.2 Å². The van der Waals surface area contributed by atoms with E-state index < -0.39 is 6.10 Å². The highest BCUT2D eigenvalue weighted by atomic mass is 16.6. The van der Waals surface area contributed by atoms with Crippen LogP contribution in [0.15, 0.2) is 85.1 Å². The molecule has 0 radical (unpaired) electrons. The molecule has 1 unspecified atom stereocenters. The van der Waals surface area contributed by atoms with Crippen molar-refractivity contribution in [1.29, 1.82) is 0 Å². The smallest absolute Gasteiger partial charge is 0.306 e. The van der Waals surface area contributed by atoms with E-state index in [9.17, 15) is 14.7 Å². The van der Waals surface area contributed by atoms with Crippen molar-refractivity contribution in [2.75, 3.05) is 13.2 Å². The van der Waals surface area contributed by atoms with Crippen LogP contribution in [0, 0.1) is 0 Å². The third kappa shape index (κ3) is 75.5. The van der Waals surface area contributed by atoms with Crippen molar-refractivity contribution in [3.63, 3.8) is 0 Å². The van der Waals surface area contributed by atoms with Crippen molar-refractivity contribution < 1.29 is 24.2 Å². The molecule has 0 bridgehead atoms. The Kier molecular flexibility index (Phi) is 74.7. The van der Waals surface area contributed by atoms with Crippen LogP contribution in [-0.4, -0.2) is 36.4 Å². The Bertz CT molecular complexity index is 1570. The third-order valence-electron chi connectivity index (χ3n) is 17.5. The SMILES string of the molecule is CC/C=C\C/C=C\C/C=C\C/C=C\C/C=C\C/C=C\C/C=C\CCCCCCCCCCCCCCCCCCCCCC(=O)OC(CO)COC(=O)CCCCCCCCCCCCCCCCCCCCCCCCCCCCCCCCCC. The first-order valence-electron chi connectivity index (χ1n) is 38.6. The van der Waals surface area contributed by atoms with Crippen LogP contribution in [0.3, 0.4) is 0 Å². The number of unbranched alkanes of at least 4 members (excludes halogenated alkanes) is 50. The lowest BCUT2D eigenvalue weighted by Crippen LogP contribution is -2.28. The first-order chi connectivity index (χ1) is 43.1. The molecule has 0 spiro atoms. The highest BCUT2D eigenvalue weighted by Crippen LogP contribution is 2.19. The van der Waals surface area contributed by atoms with Gasteiger partial charge in [-0.15, -0.1) is 0 Å². The summed E-state index contributed by atoms with van der Waals surface area (Å²) in [6.45, 7) is 4.09. The van der Waals surface area contributed by atoms with Gasteiger partial charge in [-0.3, -0.25) is 9.59 Å². The zero-order valence-corrected chi connectivity index (χ0v) is 58.3. The molecule has 0 saturated heterocycles. The fourth-order valence-corrected chi connectivity index (χ4v) is 11.7. The number of rotatable bonds is 72. The van der Waals surface area contributed by atoms with Crippen molar-refractivity contribution in [1.82, 2.24) is 0 Å². The maximum absolute atomic E-state index is 12.4. The van der Waals surface area contributed by atoms with E-state index in [4.69, 9.17) is 9.47 Å². The fraction of sp³-hybridized carbons (Fsp3) is 0.805. The number of carbonyl (C=O) groups is 2. The Morgan fingerprint density at radius 3 is 0.747 bits per heavy atom. The number of hydrogen-bond acceptors (Lipinski definition) is 5. The van der Waals surface area contributed by atoms with Gasteiger partial charge in [0.25, 0.3) is 0 Å². The first kappa shape index (κ1) is 84.1. The Morgan fingerprint density at radius 1 is 0.276 bits per heavy atom. The molecule has 0 aliphatic heterocycles. The minimum Gasteiger partial charge on any atom is -0.462 e. The van der Waals surface area contributed by atoms with Gasteiger partial charge in [0.15, 0.2) is 6.10 Å². The average Bonchev–Trinajstić information content (AvgIpc) is 3.53. The average molecular weight is 1210 g/mol. The van der Waals surface area contributed by atoms with Crippen LogP contribution in [0.5, 0.6) is 0 Å². The number of allylic oxidation sites excluding steroid dienone is 14. The summed E-state index contributed by atoms with van der Waals surface area (Å²) in [4.78, 5) is 24.7. The van der Waals surface area contributed by atoms with Gasteiger partial charge in [0.2, 0.25) is 0 Å².